The maximum Gasteiger partial charge on any atom is 0.407 e. The van der Waals surface area contributed by atoms with Crippen molar-refractivity contribution in [2.24, 2.45) is 5.92 Å². The number of anilines is 1. The van der Waals surface area contributed by atoms with E-state index in [0.29, 0.717) is 5.92 Å². The molecule has 5 nitrogen and oxygen atoms in total. The van der Waals surface area contributed by atoms with Gasteiger partial charge in [0.25, 0.3) is 0 Å². The van der Waals surface area contributed by atoms with E-state index in [2.05, 4.69) is 27.0 Å². The topological polar surface area (TPSA) is 61.8 Å². The maximum absolute atomic E-state index is 12.0. The number of carbonyl (C=O) groups excluding carboxylic acids is 1. The molecule has 0 aliphatic carbocycles. The van der Waals surface area contributed by atoms with Gasteiger partial charge in [-0.15, -0.1) is 0 Å². The lowest BCUT2D eigenvalue weighted by Gasteiger charge is -2.39. The van der Waals surface area contributed by atoms with E-state index in [9.17, 15) is 9.90 Å². The van der Waals surface area contributed by atoms with Gasteiger partial charge in [-0.3, -0.25) is 0 Å². The molecule has 0 saturated carbocycles. The molecular weight excluding hydrogens is 300 g/mol. The Bertz CT molecular complexity index is 470. The van der Waals surface area contributed by atoms with Crippen molar-refractivity contribution in [1.82, 2.24) is 5.32 Å². The number of ether oxygens (including phenoxy) is 1. The Morgan fingerprint density at radius 1 is 1.50 bits per heavy atom. The molecule has 124 valence electrons. The molecule has 0 spiro atoms. The summed E-state index contributed by atoms with van der Waals surface area (Å²) >= 11 is 1.67. The number of carbonyl (C=O) groups is 1. The first kappa shape index (κ1) is 17.1. The minimum atomic E-state index is -0.490. The molecule has 22 heavy (non-hydrogen) atoms. The molecular formula is C16H26N2O3S. The first-order valence-corrected chi connectivity index (χ1v) is 8.69. The van der Waals surface area contributed by atoms with Gasteiger partial charge in [-0.25, -0.2) is 4.79 Å². The fourth-order valence-electron chi connectivity index (χ4n) is 2.82. The standard InChI is InChI=1S/C16H26N2O3S/c1-16(2,3)21-15(20)17-13-8-12(4-6-19)9-18(10-13)14-5-7-22-11-14/h5,7,11-13,19H,4,6,8-10H2,1-3H3,(H,17,20). The Kier molecular flexibility index (Phi) is 5.69. The number of nitrogens with one attached hydrogen (secondary N) is 1. The van der Waals surface area contributed by atoms with E-state index >= 15 is 0 Å². The van der Waals surface area contributed by atoms with Crippen LogP contribution in [0.5, 0.6) is 0 Å². The number of piperidine rings is 1. The van der Waals surface area contributed by atoms with E-state index in [4.69, 9.17) is 4.74 Å². The van der Waals surface area contributed by atoms with Crippen LogP contribution in [0.2, 0.25) is 0 Å². The quantitative estimate of drug-likeness (QED) is 0.893. The van der Waals surface area contributed by atoms with Crippen molar-refractivity contribution in [2.75, 3.05) is 24.6 Å². The molecule has 1 amide bonds. The Labute approximate surface area is 136 Å². The van der Waals surface area contributed by atoms with Gasteiger partial charge in [0, 0.05) is 30.8 Å². The second-order valence-electron chi connectivity index (χ2n) is 6.84. The molecule has 1 saturated heterocycles. The van der Waals surface area contributed by atoms with Crippen molar-refractivity contribution in [3.63, 3.8) is 0 Å². The normalized spacial score (nSPS) is 22.5. The predicted octanol–water partition coefficient (Wildman–Crippen LogP) is 2.85. The third-order valence-electron chi connectivity index (χ3n) is 3.67. The lowest BCUT2D eigenvalue weighted by Crippen LogP contribution is -2.51. The summed E-state index contributed by atoms with van der Waals surface area (Å²) in [6.45, 7) is 7.46. The van der Waals surface area contributed by atoms with Crippen LogP contribution in [-0.2, 0) is 4.74 Å². The van der Waals surface area contributed by atoms with E-state index < -0.39 is 5.60 Å². The van der Waals surface area contributed by atoms with E-state index in [1.165, 1.54) is 5.69 Å². The van der Waals surface area contributed by atoms with Gasteiger partial charge < -0.3 is 20.1 Å². The second kappa shape index (κ2) is 7.33. The van der Waals surface area contributed by atoms with E-state index in [1.54, 1.807) is 11.3 Å². The summed E-state index contributed by atoms with van der Waals surface area (Å²) in [5.74, 6) is 0.374. The van der Waals surface area contributed by atoms with Crippen molar-refractivity contribution in [3.8, 4) is 0 Å². The first-order chi connectivity index (χ1) is 10.4. The zero-order valence-electron chi connectivity index (χ0n) is 13.5. The molecule has 6 heteroatoms. The van der Waals surface area contributed by atoms with Crippen molar-refractivity contribution in [2.45, 2.75) is 45.3 Å². The van der Waals surface area contributed by atoms with Crippen LogP contribution < -0.4 is 10.2 Å². The van der Waals surface area contributed by atoms with Crippen LogP contribution >= 0.6 is 11.3 Å². The average Bonchev–Trinajstić information content (AvgIpc) is 2.90. The second-order valence-corrected chi connectivity index (χ2v) is 7.62. The number of aliphatic hydroxyl groups is 1. The zero-order valence-corrected chi connectivity index (χ0v) is 14.4. The van der Waals surface area contributed by atoms with E-state index in [-0.39, 0.29) is 18.7 Å². The van der Waals surface area contributed by atoms with Crippen LogP contribution in [0.3, 0.4) is 0 Å². The van der Waals surface area contributed by atoms with Crippen molar-refractivity contribution in [3.05, 3.63) is 16.8 Å². The Morgan fingerprint density at radius 3 is 2.86 bits per heavy atom. The number of hydrogen-bond donors (Lipinski definition) is 2. The van der Waals surface area contributed by atoms with E-state index in [0.717, 1.165) is 25.9 Å². The van der Waals surface area contributed by atoms with Crippen LogP contribution in [-0.4, -0.2) is 42.5 Å². The molecule has 1 aliphatic heterocycles. The van der Waals surface area contributed by atoms with Crippen molar-refractivity contribution < 1.29 is 14.6 Å². The van der Waals surface area contributed by atoms with Gasteiger partial charge in [-0.1, -0.05) is 0 Å². The smallest absolute Gasteiger partial charge is 0.407 e. The molecule has 0 radical (unpaired) electrons. The maximum atomic E-state index is 12.0. The summed E-state index contributed by atoms with van der Waals surface area (Å²) in [5, 5.41) is 16.4. The van der Waals surface area contributed by atoms with Crippen LogP contribution in [0.1, 0.15) is 33.6 Å². The SMILES string of the molecule is CC(C)(C)OC(=O)NC1CC(CCO)CN(c2ccsc2)C1. The molecule has 2 rings (SSSR count). The molecule has 2 heterocycles. The Balaban J connectivity index is 1.98. The van der Waals surface area contributed by atoms with Gasteiger partial charge in [0.2, 0.25) is 0 Å². The molecule has 2 unspecified atom stereocenters. The molecule has 2 atom stereocenters. The summed E-state index contributed by atoms with van der Waals surface area (Å²) in [6, 6.07) is 2.14. The number of rotatable bonds is 4. The number of hydrogen-bond acceptors (Lipinski definition) is 5. The minimum Gasteiger partial charge on any atom is -0.444 e. The molecule has 2 N–H and O–H groups in total. The monoisotopic (exact) mass is 326 g/mol. The van der Waals surface area contributed by atoms with Crippen LogP contribution in [0, 0.1) is 5.92 Å². The molecule has 0 bridgehead atoms. The van der Waals surface area contributed by atoms with Gasteiger partial charge in [0.05, 0.1) is 6.04 Å². The van der Waals surface area contributed by atoms with Crippen LogP contribution in [0.4, 0.5) is 10.5 Å². The number of thiophene rings is 1. The highest BCUT2D eigenvalue weighted by molar-refractivity contribution is 7.08. The highest BCUT2D eigenvalue weighted by atomic mass is 32.1. The largest absolute Gasteiger partial charge is 0.444 e. The van der Waals surface area contributed by atoms with Crippen LogP contribution in [0.25, 0.3) is 0 Å². The molecule has 1 aromatic heterocycles. The summed E-state index contributed by atoms with van der Waals surface area (Å²) in [6.07, 6.45) is 1.26. The summed E-state index contributed by atoms with van der Waals surface area (Å²) < 4.78 is 5.35. The molecule has 1 aromatic rings. The zero-order chi connectivity index (χ0) is 16.2. The van der Waals surface area contributed by atoms with Crippen LogP contribution in [0.15, 0.2) is 16.8 Å². The summed E-state index contributed by atoms with van der Waals surface area (Å²) in [7, 11) is 0. The Hall–Kier alpha value is -1.27. The number of alkyl carbamates (subject to hydrolysis) is 1. The van der Waals surface area contributed by atoms with Gasteiger partial charge in [-0.05, 0) is 51.0 Å². The minimum absolute atomic E-state index is 0.0417. The molecule has 0 aromatic carbocycles. The fraction of sp³-hybridized carbons (Fsp3) is 0.688. The summed E-state index contributed by atoms with van der Waals surface area (Å²) in [4.78, 5) is 14.3. The molecule has 1 aliphatic rings. The van der Waals surface area contributed by atoms with Crippen molar-refractivity contribution in [1.29, 1.82) is 0 Å². The Morgan fingerprint density at radius 2 is 2.27 bits per heavy atom. The number of aliphatic hydroxyl groups excluding tert-OH is 1. The predicted molar refractivity (Wildman–Crippen MR) is 89.5 cm³/mol. The van der Waals surface area contributed by atoms with Gasteiger partial charge in [0.15, 0.2) is 0 Å². The van der Waals surface area contributed by atoms with Gasteiger partial charge >= 0.3 is 6.09 Å². The van der Waals surface area contributed by atoms with Gasteiger partial charge in [-0.2, -0.15) is 11.3 Å². The highest BCUT2D eigenvalue weighted by Crippen LogP contribution is 2.27. The average molecular weight is 326 g/mol. The van der Waals surface area contributed by atoms with Gasteiger partial charge in [0.1, 0.15) is 5.60 Å². The highest BCUT2D eigenvalue weighted by Gasteiger charge is 2.29. The van der Waals surface area contributed by atoms with E-state index in [1.807, 2.05) is 20.8 Å². The molecule has 1 fully saturated rings. The van der Waals surface area contributed by atoms with Crippen molar-refractivity contribution >= 4 is 23.1 Å². The third-order valence-corrected chi connectivity index (χ3v) is 4.34. The lowest BCUT2D eigenvalue weighted by molar-refractivity contribution is 0.0492. The third kappa shape index (κ3) is 5.18. The summed E-state index contributed by atoms with van der Waals surface area (Å²) in [5.41, 5.74) is 0.694. The fourth-order valence-corrected chi connectivity index (χ4v) is 3.49. The number of nitrogens with zero attached hydrogens (tertiary/aromatic N) is 1. The first-order valence-electron chi connectivity index (χ1n) is 7.75. The lowest BCUT2D eigenvalue weighted by atomic mass is 9.91. The number of amides is 1.